The fraction of sp³-hybridized carbons (Fsp3) is 0.842. The second kappa shape index (κ2) is 15.9. The highest BCUT2D eigenvalue weighted by Gasteiger charge is 2.52. The van der Waals surface area contributed by atoms with Gasteiger partial charge in [0.15, 0.2) is 18.4 Å². The summed E-state index contributed by atoms with van der Waals surface area (Å²) >= 11 is 0. The van der Waals surface area contributed by atoms with Gasteiger partial charge in [-0.05, 0) is 94.5 Å². The van der Waals surface area contributed by atoms with Crippen LogP contribution in [0.2, 0.25) is 0 Å². The lowest BCUT2D eigenvalue weighted by Crippen LogP contribution is -2.59. The van der Waals surface area contributed by atoms with Gasteiger partial charge in [-0.15, -0.1) is 0 Å². The Kier molecular flexibility index (Phi) is 12.0. The van der Waals surface area contributed by atoms with Gasteiger partial charge in [0.1, 0.15) is 24.4 Å². The molecule has 0 spiro atoms. The number of ether oxygens (including phenoxy) is 7. The number of carbonyl (C=O) groups excluding carboxylic acids is 2. The van der Waals surface area contributed by atoms with Crippen molar-refractivity contribution in [1.82, 2.24) is 0 Å². The summed E-state index contributed by atoms with van der Waals surface area (Å²) in [4.78, 5) is 27.9. The molecule has 3 saturated heterocycles. The Morgan fingerprint density at radius 1 is 0.918 bits per heavy atom. The maximum Gasteiger partial charge on any atom is 0.306 e. The molecule has 1 saturated carbocycles. The van der Waals surface area contributed by atoms with Crippen molar-refractivity contribution in [3.05, 3.63) is 23.8 Å². The monoisotopic (exact) mass is 689 g/mol. The third-order valence-electron chi connectivity index (χ3n) is 12.4. The average molecular weight is 690 g/mol. The van der Waals surface area contributed by atoms with E-state index < -0.39 is 37.0 Å². The highest BCUT2D eigenvalue weighted by Crippen LogP contribution is 2.54. The second-order valence-electron chi connectivity index (χ2n) is 15.4. The first-order valence-electron chi connectivity index (χ1n) is 18.8. The molecule has 0 aromatic heterocycles. The van der Waals surface area contributed by atoms with Gasteiger partial charge in [-0.3, -0.25) is 9.59 Å². The number of hydrogen-bond donors (Lipinski definition) is 2. The molecule has 0 aromatic carbocycles. The van der Waals surface area contributed by atoms with Crippen molar-refractivity contribution < 1.29 is 47.9 Å². The first-order chi connectivity index (χ1) is 23.5. The second-order valence-corrected chi connectivity index (χ2v) is 15.4. The topological polar surface area (TPSA) is 145 Å². The number of fused-ring (bicyclic) bond motifs is 5. The largest absolute Gasteiger partial charge is 0.462 e. The summed E-state index contributed by atoms with van der Waals surface area (Å²) < 4.78 is 42.7. The summed E-state index contributed by atoms with van der Waals surface area (Å²) in [5.74, 6) is -0.181. The molecule has 4 fully saturated rings. The fourth-order valence-corrected chi connectivity index (χ4v) is 9.44. The molecule has 11 nitrogen and oxygen atoms in total. The molecule has 3 aliphatic heterocycles. The van der Waals surface area contributed by atoms with Gasteiger partial charge in [-0.2, -0.15) is 0 Å². The number of aliphatic hydroxyl groups excluding tert-OH is 1. The number of methoxy groups -OCH3 is 2. The molecule has 6 rings (SSSR count). The highest BCUT2D eigenvalue weighted by molar-refractivity contribution is 5.99. The Morgan fingerprint density at radius 3 is 2.41 bits per heavy atom. The fourth-order valence-electron chi connectivity index (χ4n) is 9.44. The zero-order valence-electron chi connectivity index (χ0n) is 30.1. The van der Waals surface area contributed by atoms with Crippen LogP contribution in [-0.4, -0.2) is 98.5 Å². The summed E-state index contributed by atoms with van der Waals surface area (Å²) in [5, 5.41) is 10.6. The van der Waals surface area contributed by atoms with Gasteiger partial charge in [0, 0.05) is 32.1 Å². The van der Waals surface area contributed by atoms with E-state index >= 15 is 0 Å². The van der Waals surface area contributed by atoms with Gasteiger partial charge < -0.3 is 44.0 Å². The molecule has 0 radical (unpaired) electrons. The van der Waals surface area contributed by atoms with Crippen LogP contribution in [0.15, 0.2) is 23.8 Å². The Morgan fingerprint density at radius 2 is 1.69 bits per heavy atom. The minimum Gasteiger partial charge on any atom is -0.462 e. The standard InChI is InChI=1S/C38H59NO10/c1-7-23-9-8-10-31(49-33-14-13-30(39)20(3)45-33)19(2)34(41)29-17-27-25(28(29)18-32(40)47-23)12-11-22-15-24(16-26(22)27)48-38-37(44-6)36(43-5)35(42)21(4)46-38/h11-12,17,19-28,30-31,33,35-38,42H,7-10,13-16,18,39H2,1-6H3/t19-,20-,21+,22-,23+,24-,25-,26-,27-,28+,30+,31+,33+,35+,36-,37-,38+/m1/s1. The Bertz CT molecular complexity index is 1220. The zero-order chi connectivity index (χ0) is 35.0. The number of aliphatic hydroxyl groups is 1. The van der Waals surface area contributed by atoms with Crippen molar-refractivity contribution in [2.24, 2.45) is 41.2 Å². The number of cyclic esters (lactones) is 1. The molecule has 0 unspecified atom stereocenters. The molecule has 0 bridgehead atoms. The molecule has 3 aliphatic carbocycles. The zero-order valence-corrected chi connectivity index (χ0v) is 30.1. The molecule has 11 heteroatoms. The molecule has 0 amide bonds. The Labute approximate surface area is 291 Å². The summed E-state index contributed by atoms with van der Waals surface area (Å²) in [5.41, 5.74) is 6.93. The van der Waals surface area contributed by atoms with Crippen LogP contribution in [0, 0.1) is 35.5 Å². The molecule has 6 aliphatic rings. The van der Waals surface area contributed by atoms with Gasteiger partial charge in [-0.25, -0.2) is 0 Å². The number of nitrogens with two attached hydrogens (primary N) is 1. The van der Waals surface area contributed by atoms with E-state index in [4.69, 9.17) is 38.9 Å². The predicted octanol–water partition coefficient (Wildman–Crippen LogP) is 4.23. The lowest BCUT2D eigenvalue weighted by atomic mass is 9.70. The van der Waals surface area contributed by atoms with Crippen molar-refractivity contribution in [1.29, 1.82) is 0 Å². The van der Waals surface area contributed by atoms with Gasteiger partial charge >= 0.3 is 5.97 Å². The van der Waals surface area contributed by atoms with E-state index in [0.29, 0.717) is 12.8 Å². The lowest BCUT2D eigenvalue weighted by molar-refractivity contribution is -0.311. The van der Waals surface area contributed by atoms with Crippen molar-refractivity contribution in [3.8, 4) is 0 Å². The molecule has 49 heavy (non-hydrogen) atoms. The van der Waals surface area contributed by atoms with E-state index in [0.717, 1.165) is 44.1 Å². The maximum atomic E-state index is 14.5. The maximum absolute atomic E-state index is 14.5. The number of rotatable bonds is 7. The van der Waals surface area contributed by atoms with Gasteiger partial charge in [-0.1, -0.05) is 32.1 Å². The first kappa shape index (κ1) is 37.1. The van der Waals surface area contributed by atoms with E-state index in [-0.39, 0.29) is 84.1 Å². The van der Waals surface area contributed by atoms with Crippen LogP contribution in [0.5, 0.6) is 0 Å². The van der Waals surface area contributed by atoms with Crippen molar-refractivity contribution in [2.75, 3.05) is 14.2 Å². The van der Waals surface area contributed by atoms with Crippen LogP contribution >= 0.6 is 0 Å². The quantitative estimate of drug-likeness (QED) is 0.293. The van der Waals surface area contributed by atoms with Crippen molar-refractivity contribution in [3.63, 3.8) is 0 Å². The first-order valence-corrected chi connectivity index (χ1v) is 18.8. The van der Waals surface area contributed by atoms with Crippen molar-refractivity contribution in [2.45, 2.75) is 153 Å². The molecular weight excluding hydrogens is 630 g/mol. The van der Waals surface area contributed by atoms with E-state index in [1.54, 1.807) is 14.2 Å². The Hall–Kier alpha value is -1.70. The third kappa shape index (κ3) is 7.75. The van der Waals surface area contributed by atoms with E-state index in [1.807, 2.05) is 20.8 Å². The number of carbonyl (C=O) groups is 2. The number of Topliss-reactive ketones (excluding diaryl/α,β-unsaturated/α-hetero) is 1. The predicted molar refractivity (Wildman–Crippen MR) is 180 cm³/mol. The molecule has 3 N–H and O–H groups in total. The minimum atomic E-state index is -0.825. The van der Waals surface area contributed by atoms with Gasteiger partial charge in [0.2, 0.25) is 0 Å². The van der Waals surface area contributed by atoms with Crippen LogP contribution in [0.4, 0.5) is 0 Å². The number of ketones is 1. The van der Waals surface area contributed by atoms with Crippen LogP contribution in [0.1, 0.15) is 85.5 Å². The van der Waals surface area contributed by atoms with Crippen LogP contribution in [0.25, 0.3) is 0 Å². The van der Waals surface area contributed by atoms with Crippen molar-refractivity contribution >= 4 is 11.8 Å². The molecule has 3 heterocycles. The smallest absolute Gasteiger partial charge is 0.306 e. The van der Waals surface area contributed by atoms with E-state index in [1.165, 1.54) is 0 Å². The number of hydrogen-bond acceptors (Lipinski definition) is 11. The van der Waals surface area contributed by atoms with Gasteiger partial charge in [0.25, 0.3) is 0 Å². The summed E-state index contributed by atoms with van der Waals surface area (Å²) in [6.07, 6.45) is 8.75. The van der Waals surface area contributed by atoms with Crippen LogP contribution < -0.4 is 5.73 Å². The lowest BCUT2D eigenvalue weighted by Gasteiger charge is -2.43. The Balaban J connectivity index is 1.22. The molecule has 17 atom stereocenters. The van der Waals surface area contributed by atoms with E-state index in [9.17, 15) is 14.7 Å². The average Bonchev–Trinajstić information content (AvgIpc) is 3.66. The van der Waals surface area contributed by atoms with Crippen LogP contribution in [0.3, 0.4) is 0 Å². The van der Waals surface area contributed by atoms with E-state index in [2.05, 4.69) is 25.2 Å². The summed E-state index contributed by atoms with van der Waals surface area (Å²) in [6.45, 7) is 7.82. The SMILES string of the molecule is CC[C@H]1CCC[C@H](O[C@H]2CC[C@H](N)[C@@H](C)O2)[C@@H](C)C(=O)C2=C[C@@H]3[C@@H](C=C[C@@H]4C[C@@H](O[C@@H]5O[C@@H](C)[C@H](O)[C@@H](OC)[C@H]5OC)C[C@@H]34)[C@@H]2CC(=O)O1. The highest BCUT2D eigenvalue weighted by atomic mass is 16.7. The number of allylic oxidation sites excluding steroid dienone is 4. The van der Waals surface area contributed by atoms with Crippen LogP contribution in [-0.2, 0) is 42.7 Å². The number of esters is 1. The van der Waals surface area contributed by atoms with Gasteiger partial charge in [0.05, 0.1) is 30.8 Å². The molecular formula is C38H59NO10. The summed E-state index contributed by atoms with van der Waals surface area (Å²) in [7, 11) is 3.14. The summed E-state index contributed by atoms with van der Waals surface area (Å²) in [6, 6.07) is -0.0178. The normalized spacial score (nSPS) is 47.7. The molecule has 0 aromatic rings. The third-order valence-corrected chi connectivity index (χ3v) is 12.4. The minimum absolute atomic E-state index is 0.0178. The molecule has 276 valence electrons.